The third kappa shape index (κ3) is 5.29. The van der Waals surface area contributed by atoms with Crippen LogP contribution in [0.1, 0.15) is 41.3 Å². The van der Waals surface area contributed by atoms with Crippen LogP contribution in [0.15, 0.2) is 47.6 Å². The quantitative estimate of drug-likeness (QED) is 0.447. The Morgan fingerprint density at radius 1 is 1.10 bits per heavy atom. The van der Waals surface area contributed by atoms with E-state index in [1.54, 1.807) is 28.9 Å². The highest BCUT2D eigenvalue weighted by atomic mass is 32.2. The summed E-state index contributed by atoms with van der Waals surface area (Å²) in [5.74, 6) is 0.157. The summed E-state index contributed by atoms with van der Waals surface area (Å²) in [5.41, 5.74) is 4.38. The Balaban J connectivity index is 1.64. The highest BCUT2D eigenvalue weighted by Crippen LogP contribution is 2.22. The summed E-state index contributed by atoms with van der Waals surface area (Å²) in [6, 6.07) is 13.0. The third-order valence-electron chi connectivity index (χ3n) is 4.32. The molecule has 0 saturated carbocycles. The molecular weight excluding hydrogens is 386 g/mol. The van der Waals surface area contributed by atoms with E-state index >= 15 is 0 Å². The van der Waals surface area contributed by atoms with Gasteiger partial charge in [0.05, 0.1) is 11.4 Å². The maximum absolute atomic E-state index is 12.5. The van der Waals surface area contributed by atoms with Crippen molar-refractivity contribution in [3.63, 3.8) is 0 Å². The van der Waals surface area contributed by atoms with E-state index < -0.39 is 0 Å². The van der Waals surface area contributed by atoms with Crippen molar-refractivity contribution >= 4 is 29.1 Å². The number of aromatic nitrogens is 4. The van der Waals surface area contributed by atoms with Gasteiger partial charge >= 0.3 is 0 Å². The molecule has 8 heteroatoms. The molecule has 3 aromatic rings. The van der Waals surface area contributed by atoms with E-state index in [9.17, 15) is 9.59 Å². The first-order chi connectivity index (χ1) is 14.0. The summed E-state index contributed by atoms with van der Waals surface area (Å²) in [6.07, 6.45) is 1.27. The predicted molar refractivity (Wildman–Crippen MR) is 114 cm³/mol. The maximum atomic E-state index is 12.5. The second kappa shape index (κ2) is 9.47. The van der Waals surface area contributed by atoms with Crippen molar-refractivity contribution in [2.45, 2.75) is 38.8 Å². The summed E-state index contributed by atoms with van der Waals surface area (Å²) in [6.45, 7) is 5.99. The number of nitrogens with one attached hydrogen (secondary N) is 1. The van der Waals surface area contributed by atoms with Crippen LogP contribution in [0.2, 0.25) is 0 Å². The highest BCUT2D eigenvalue weighted by Gasteiger charge is 2.14. The molecule has 1 heterocycles. The number of rotatable bonds is 8. The normalized spacial score (nSPS) is 10.7. The lowest BCUT2D eigenvalue weighted by Gasteiger charge is -2.08. The molecule has 3 rings (SSSR count). The van der Waals surface area contributed by atoms with Crippen LogP contribution in [0.25, 0.3) is 5.69 Å². The average molecular weight is 410 g/mol. The van der Waals surface area contributed by atoms with Gasteiger partial charge in [0.25, 0.3) is 0 Å². The average Bonchev–Trinajstić information content (AvgIpc) is 3.15. The van der Waals surface area contributed by atoms with Gasteiger partial charge in [0, 0.05) is 17.7 Å². The van der Waals surface area contributed by atoms with Crippen molar-refractivity contribution < 1.29 is 9.59 Å². The molecule has 0 bridgehead atoms. The summed E-state index contributed by atoms with van der Waals surface area (Å²) in [7, 11) is 0. The van der Waals surface area contributed by atoms with E-state index in [1.807, 2.05) is 32.9 Å². The van der Waals surface area contributed by atoms with Crippen LogP contribution in [-0.4, -0.2) is 37.7 Å². The molecule has 0 aliphatic rings. The number of benzene rings is 2. The summed E-state index contributed by atoms with van der Waals surface area (Å²) >= 11 is 1.29. The highest BCUT2D eigenvalue weighted by molar-refractivity contribution is 7.99. The van der Waals surface area contributed by atoms with Gasteiger partial charge in [0.15, 0.2) is 5.78 Å². The summed E-state index contributed by atoms with van der Waals surface area (Å²) in [4.78, 5) is 24.2. The number of ketones is 1. The monoisotopic (exact) mass is 409 g/mol. The minimum absolute atomic E-state index is 0.0274. The largest absolute Gasteiger partial charge is 0.326 e. The second-order valence-electron chi connectivity index (χ2n) is 6.75. The SMILES string of the molecule is CCCC(=O)Nc1ccc(C(=O)CSc2nnnn2-c2ccc(C)cc2C)cc1. The van der Waals surface area contributed by atoms with E-state index in [-0.39, 0.29) is 17.4 Å². The number of anilines is 1. The Morgan fingerprint density at radius 3 is 2.55 bits per heavy atom. The molecule has 1 N–H and O–H groups in total. The Bertz CT molecular complexity index is 1010. The van der Waals surface area contributed by atoms with E-state index in [0.717, 1.165) is 23.2 Å². The fraction of sp³-hybridized carbons (Fsp3) is 0.286. The van der Waals surface area contributed by atoms with E-state index in [2.05, 4.69) is 26.9 Å². The number of nitrogens with zero attached hydrogens (tertiary/aromatic N) is 4. The molecular formula is C21H23N5O2S. The van der Waals surface area contributed by atoms with Crippen LogP contribution in [0.5, 0.6) is 0 Å². The van der Waals surface area contributed by atoms with Crippen molar-refractivity contribution in [1.82, 2.24) is 20.2 Å². The van der Waals surface area contributed by atoms with Gasteiger partial charge in [0.1, 0.15) is 0 Å². The van der Waals surface area contributed by atoms with Gasteiger partial charge < -0.3 is 5.32 Å². The first-order valence-corrected chi connectivity index (χ1v) is 10.4. The van der Waals surface area contributed by atoms with Crippen molar-refractivity contribution in [2.75, 3.05) is 11.1 Å². The first-order valence-electron chi connectivity index (χ1n) is 9.40. The van der Waals surface area contributed by atoms with Crippen molar-refractivity contribution in [3.05, 3.63) is 59.2 Å². The number of aryl methyl sites for hydroxylation is 2. The zero-order valence-electron chi connectivity index (χ0n) is 16.7. The van der Waals surface area contributed by atoms with Crippen LogP contribution in [0.4, 0.5) is 5.69 Å². The molecule has 29 heavy (non-hydrogen) atoms. The Labute approximate surface area is 173 Å². The van der Waals surface area contributed by atoms with Gasteiger partial charge in [0.2, 0.25) is 11.1 Å². The zero-order valence-corrected chi connectivity index (χ0v) is 17.5. The van der Waals surface area contributed by atoms with Crippen molar-refractivity contribution in [1.29, 1.82) is 0 Å². The number of carbonyl (C=O) groups is 2. The van der Waals surface area contributed by atoms with Gasteiger partial charge in [-0.15, -0.1) is 5.10 Å². The standard InChI is InChI=1S/C21H23N5O2S/c1-4-5-20(28)22-17-9-7-16(8-10-17)19(27)13-29-21-23-24-25-26(21)18-11-6-14(2)12-15(18)3/h6-12H,4-5,13H2,1-3H3,(H,22,28). The summed E-state index contributed by atoms with van der Waals surface area (Å²) in [5, 5.41) is 15.3. The Kier molecular flexibility index (Phi) is 6.77. The molecule has 0 fully saturated rings. The number of hydrogen-bond donors (Lipinski definition) is 1. The number of thioether (sulfide) groups is 1. The fourth-order valence-electron chi connectivity index (χ4n) is 2.87. The minimum Gasteiger partial charge on any atom is -0.326 e. The van der Waals surface area contributed by atoms with Crippen LogP contribution >= 0.6 is 11.8 Å². The lowest BCUT2D eigenvalue weighted by atomic mass is 10.1. The predicted octanol–water partition coefficient (Wildman–Crippen LogP) is 3.99. The zero-order chi connectivity index (χ0) is 20.8. The van der Waals surface area contributed by atoms with Gasteiger partial charge in [-0.05, 0) is 66.6 Å². The third-order valence-corrected chi connectivity index (χ3v) is 5.24. The molecule has 0 unspecified atom stereocenters. The molecule has 1 amide bonds. The smallest absolute Gasteiger partial charge is 0.224 e. The maximum Gasteiger partial charge on any atom is 0.224 e. The number of Topliss-reactive ketones (excluding diaryl/α,β-unsaturated/α-hetero) is 1. The van der Waals surface area contributed by atoms with Crippen molar-refractivity contribution in [3.8, 4) is 5.69 Å². The Morgan fingerprint density at radius 2 is 1.86 bits per heavy atom. The number of tetrazole rings is 1. The molecule has 0 radical (unpaired) electrons. The molecule has 1 aromatic heterocycles. The molecule has 150 valence electrons. The van der Waals surface area contributed by atoms with Crippen LogP contribution < -0.4 is 5.32 Å². The van der Waals surface area contributed by atoms with Gasteiger partial charge in [-0.3, -0.25) is 9.59 Å². The second-order valence-corrected chi connectivity index (χ2v) is 7.69. The lowest BCUT2D eigenvalue weighted by Crippen LogP contribution is -2.11. The molecule has 0 spiro atoms. The van der Waals surface area contributed by atoms with E-state index in [4.69, 9.17) is 0 Å². The van der Waals surface area contributed by atoms with Gasteiger partial charge in [-0.25, -0.2) is 0 Å². The number of hydrogen-bond acceptors (Lipinski definition) is 6. The van der Waals surface area contributed by atoms with Crippen LogP contribution in [0.3, 0.4) is 0 Å². The molecule has 0 saturated heterocycles. The molecule has 7 nitrogen and oxygen atoms in total. The van der Waals surface area contributed by atoms with Crippen LogP contribution in [0, 0.1) is 13.8 Å². The summed E-state index contributed by atoms with van der Waals surface area (Å²) < 4.78 is 1.65. The van der Waals surface area contributed by atoms with Gasteiger partial charge in [-0.1, -0.05) is 36.4 Å². The molecule has 2 aromatic carbocycles. The van der Waals surface area contributed by atoms with E-state index in [1.165, 1.54) is 11.8 Å². The molecule has 0 aliphatic heterocycles. The number of carbonyl (C=O) groups excluding carboxylic acids is 2. The van der Waals surface area contributed by atoms with Crippen LogP contribution in [-0.2, 0) is 4.79 Å². The fourth-order valence-corrected chi connectivity index (χ4v) is 3.64. The van der Waals surface area contributed by atoms with Gasteiger partial charge in [-0.2, -0.15) is 4.68 Å². The number of amides is 1. The van der Waals surface area contributed by atoms with Crippen molar-refractivity contribution in [2.24, 2.45) is 0 Å². The Hall–Kier alpha value is -3.00. The topological polar surface area (TPSA) is 89.8 Å². The van der Waals surface area contributed by atoms with E-state index in [0.29, 0.717) is 22.8 Å². The first kappa shape index (κ1) is 20.7. The molecule has 0 aliphatic carbocycles. The molecule has 0 atom stereocenters. The lowest BCUT2D eigenvalue weighted by molar-refractivity contribution is -0.116. The minimum atomic E-state index is -0.0309.